The number of benzene rings is 1. The summed E-state index contributed by atoms with van der Waals surface area (Å²) in [5.41, 5.74) is 1.12. The summed E-state index contributed by atoms with van der Waals surface area (Å²) in [5.74, 6) is -0.295. The number of carbonyl (C=O) groups excluding carboxylic acids is 1. The minimum absolute atomic E-state index is 0.0167. The third-order valence-electron chi connectivity index (χ3n) is 2.30. The van der Waals surface area contributed by atoms with Crippen molar-refractivity contribution in [2.75, 3.05) is 19.8 Å². The molecule has 0 aliphatic heterocycles. The van der Waals surface area contributed by atoms with Crippen molar-refractivity contribution in [3.8, 4) is 0 Å². The van der Waals surface area contributed by atoms with Crippen LogP contribution in [0.25, 0.3) is 6.08 Å². The first-order valence-electron chi connectivity index (χ1n) is 6.28. The van der Waals surface area contributed by atoms with Crippen LogP contribution in [-0.2, 0) is 14.3 Å². The minimum Gasteiger partial charge on any atom is -0.464 e. The molecule has 18 heavy (non-hydrogen) atoms. The number of unbranched alkanes of at least 4 members (excludes halogenated alkanes) is 1. The summed E-state index contributed by atoms with van der Waals surface area (Å²) < 4.78 is 10.1. The highest BCUT2D eigenvalue weighted by Crippen LogP contribution is 2.00. The summed E-state index contributed by atoms with van der Waals surface area (Å²) in [7, 11) is 0. The molecule has 0 aliphatic carbocycles. The van der Waals surface area contributed by atoms with E-state index in [9.17, 15) is 4.79 Å². The van der Waals surface area contributed by atoms with Crippen LogP contribution in [0, 0.1) is 0 Å². The molecule has 0 radical (unpaired) electrons. The molecule has 0 spiro atoms. The maximum absolute atomic E-state index is 11.2. The first-order valence-corrected chi connectivity index (χ1v) is 6.28. The van der Waals surface area contributed by atoms with Crippen molar-refractivity contribution in [2.45, 2.75) is 19.8 Å². The number of esters is 1. The van der Waals surface area contributed by atoms with Crippen LogP contribution in [0.4, 0.5) is 0 Å². The van der Waals surface area contributed by atoms with Crippen LogP contribution in [0.15, 0.2) is 36.4 Å². The van der Waals surface area contributed by atoms with E-state index in [0.29, 0.717) is 13.2 Å². The van der Waals surface area contributed by atoms with Crippen molar-refractivity contribution in [3.63, 3.8) is 0 Å². The smallest absolute Gasteiger partial charge is 0.332 e. The SMILES string of the molecule is CCCCOC(=O)COCC=Cc1ccccc1. The highest BCUT2D eigenvalue weighted by Gasteiger charge is 2.00. The molecule has 98 valence electrons. The predicted octanol–water partition coefficient (Wildman–Crippen LogP) is 3.06. The van der Waals surface area contributed by atoms with Gasteiger partial charge < -0.3 is 9.47 Å². The van der Waals surface area contributed by atoms with Crippen LogP contribution in [0.1, 0.15) is 25.3 Å². The second-order valence-electron chi connectivity index (χ2n) is 3.90. The van der Waals surface area contributed by atoms with Gasteiger partial charge in [0.1, 0.15) is 6.61 Å². The zero-order chi connectivity index (χ0) is 13.1. The van der Waals surface area contributed by atoms with E-state index in [-0.39, 0.29) is 12.6 Å². The fourth-order valence-electron chi connectivity index (χ4n) is 1.33. The van der Waals surface area contributed by atoms with Gasteiger partial charge in [0.15, 0.2) is 0 Å². The van der Waals surface area contributed by atoms with E-state index in [4.69, 9.17) is 9.47 Å². The van der Waals surface area contributed by atoms with Crippen LogP contribution in [-0.4, -0.2) is 25.8 Å². The molecule has 0 heterocycles. The number of rotatable bonds is 8. The van der Waals surface area contributed by atoms with Crippen LogP contribution in [0.2, 0.25) is 0 Å². The molecule has 0 bridgehead atoms. The van der Waals surface area contributed by atoms with Gasteiger partial charge in [0.25, 0.3) is 0 Å². The van der Waals surface area contributed by atoms with Gasteiger partial charge >= 0.3 is 5.97 Å². The highest BCUT2D eigenvalue weighted by molar-refractivity contribution is 5.70. The molecule has 0 saturated carbocycles. The molecule has 3 nitrogen and oxygen atoms in total. The van der Waals surface area contributed by atoms with E-state index in [0.717, 1.165) is 18.4 Å². The van der Waals surface area contributed by atoms with Crippen LogP contribution in [0.5, 0.6) is 0 Å². The average molecular weight is 248 g/mol. The second kappa shape index (κ2) is 9.42. The van der Waals surface area contributed by atoms with Gasteiger partial charge in [-0.2, -0.15) is 0 Å². The lowest BCUT2D eigenvalue weighted by molar-refractivity contribution is -0.148. The summed E-state index contributed by atoms with van der Waals surface area (Å²) in [4.78, 5) is 11.2. The number of hydrogen-bond acceptors (Lipinski definition) is 3. The van der Waals surface area contributed by atoms with Crippen molar-refractivity contribution in [2.24, 2.45) is 0 Å². The Kier molecular flexibility index (Phi) is 7.57. The van der Waals surface area contributed by atoms with Crippen molar-refractivity contribution in [1.29, 1.82) is 0 Å². The van der Waals surface area contributed by atoms with Gasteiger partial charge in [-0.25, -0.2) is 4.79 Å². The fourth-order valence-corrected chi connectivity index (χ4v) is 1.33. The largest absolute Gasteiger partial charge is 0.464 e. The molecule has 0 saturated heterocycles. The summed E-state index contributed by atoms with van der Waals surface area (Å²) in [5, 5.41) is 0. The van der Waals surface area contributed by atoms with E-state index in [2.05, 4.69) is 6.92 Å². The maximum atomic E-state index is 11.2. The minimum atomic E-state index is -0.295. The van der Waals surface area contributed by atoms with E-state index >= 15 is 0 Å². The summed E-state index contributed by atoms with van der Waals surface area (Å²) in [6.45, 7) is 2.97. The quantitative estimate of drug-likeness (QED) is 0.524. The molecule has 0 aliphatic rings. The topological polar surface area (TPSA) is 35.5 Å². The normalized spacial score (nSPS) is 10.7. The van der Waals surface area contributed by atoms with Crippen LogP contribution >= 0.6 is 0 Å². The molecule has 1 rings (SSSR count). The lowest BCUT2D eigenvalue weighted by Gasteiger charge is -2.03. The third-order valence-corrected chi connectivity index (χ3v) is 2.30. The van der Waals surface area contributed by atoms with Crippen LogP contribution < -0.4 is 0 Å². The van der Waals surface area contributed by atoms with Gasteiger partial charge in [-0.15, -0.1) is 0 Å². The fraction of sp³-hybridized carbons (Fsp3) is 0.400. The monoisotopic (exact) mass is 248 g/mol. The molecule has 0 aromatic heterocycles. The second-order valence-corrected chi connectivity index (χ2v) is 3.90. The standard InChI is InChI=1S/C15H20O3/c1-2-3-12-18-15(16)13-17-11-7-10-14-8-5-4-6-9-14/h4-10H,2-3,11-13H2,1H3. The summed E-state index contributed by atoms with van der Waals surface area (Å²) in [6, 6.07) is 9.95. The summed E-state index contributed by atoms with van der Waals surface area (Å²) >= 11 is 0. The van der Waals surface area contributed by atoms with Crippen molar-refractivity contribution < 1.29 is 14.3 Å². The molecule has 0 fully saturated rings. The van der Waals surface area contributed by atoms with Crippen LogP contribution in [0.3, 0.4) is 0 Å². The third kappa shape index (κ3) is 6.86. The highest BCUT2D eigenvalue weighted by atomic mass is 16.6. The molecule has 0 unspecified atom stereocenters. The molecule has 3 heteroatoms. The molecular weight excluding hydrogens is 228 g/mol. The van der Waals surface area contributed by atoms with E-state index in [1.54, 1.807) is 0 Å². The van der Waals surface area contributed by atoms with Gasteiger partial charge in [0.05, 0.1) is 13.2 Å². The number of hydrogen-bond donors (Lipinski definition) is 0. The molecule has 0 atom stereocenters. The maximum Gasteiger partial charge on any atom is 0.332 e. The van der Waals surface area contributed by atoms with E-state index in [1.807, 2.05) is 42.5 Å². The zero-order valence-corrected chi connectivity index (χ0v) is 10.8. The Balaban J connectivity index is 2.08. The predicted molar refractivity (Wildman–Crippen MR) is 72.2 cm³/mol. The Bertz CT molecular complexity index is 357. The Morgan fingerprint density at radius 1 is 1.28 bits per heavy atom. The molecule has 1 aromatic rings. The Morgan fingerprint density at radius 2 is 2.06 bits per heavy atom. The van der Waals surface area contributed by atoms with Gasteiger partial charge in [0.2, 0.25) is 0 Å². The average Bonchev–Trinajstić information content (AvgIpc) is 2.40. The van der Waals surface area contributed by atoms with Crippen molar-refractivity contribution in [3.05, 3.63) is 42.0 Å². The summed E-state index contributed by atoms with van der Waals surface area (Å²) in [6.07, 6.45) is 5.77. The first kappa shape index (κ1) is 14.5. The van der Waals surface area contributed by atoms with Gasteiger partial charge in [-0.05, 0) is 12.0 Å². The lowest BCUT2D eigenvalue weighted by Crippen LogP contribution is -2.13. The molecular formula is C15H20O3. The Labute approximate surface area is 108 Å². The van der Waals surface area contributed by atoms with Crippen molar-refractivity contribution in [1.82, 2.24) is 0 Å². The Morgan fingerprint density at radius 3 is 2.78 bits per heavy atom. The van der Waals surface area contributed by atoms with Gasteiger partial charge in [-0.1, -0.05) is 55.8 Å². The van der Waals surface area contributed by atoms with E-state index in [1.165, 1.54) is 0 Å². The lowest BCUT2D eigenvalue weighted by atomic mass is 10.2. The zero-order valence-electron chi connectivity index (χ0n) is 10.8. The van der Waals surface area contributed by atoms with Gasteiger partial charge in [-0.3, -0.25) is 0 Å². The molecule has 0 amide bonds. The number of carbonyl (C=O) groups is 1. The first-order chi connectivity index (χ1) is 8.83. The van der Waals surface area contributed by atoms with Gasteiger partial charge in [0, 0.05) is 0 Å². The molecule has 1 aromatic carbocycles. The van der Waals surface area contributed by atoms with Crippen molar-refractivity contribution >= 4 is 12.0 Å². The van der Waals surface area contributed by atoms with E-state index < -0.39 is 0 Å². The number of ether oxygens (including phenoxy) is 2. The Hall–Kier alpha value is -1.61. The molecule has 0 N–H and O–H groups in total.